The Hall–Kier alpha value is -2.88. The van der Waals surface area contributed by atoms with Gasteiger partial charge in [0.2, 0.25) is 0 Å². The van der Waals surface area contributed by atoms with Crippen molar-refractivity contribution in [3.8, 4) is 11.1 Å². The zero-order chi connectivity index (χ0) is 22.0. The summed E-state index contributed by atoms with van der Waals surface area (Å²) in [6.45, 7) is 0. The molecule has 1 saturated carbocycles. The zero-order valence-electron chi connectivity index (χ0n) is 16.2. The lowest BCUT2D eigenvalue weighted by Gasteiger charge is -2.17. The minimum Gasteiger partial charge on any atom is -0.374 e. The second-order valence-electron chi connectivity index (χ2n) is 7.32. The van der Waals surface area contributed by atoms with Gasteiger partial charge in [-0.05, 0) is 65.1 Å². The molecule has 3 aromatic rings. The first-order valence-electron chi connectivity index (χ1n) is 9.65. The SMILES string of the molecule is O=C(Nc1cccc(C(F)(F)F)c1)Nc1cc(C(O)NC2CC2)ccc1-c1ccsc1. The van der Waals surface area contributed by atoms with Crippen LogP contribution in [0.4, 0.5) is 29.3 Å². The Morgan fingerprint density at radius 1 is 1.10 bits per heavy atom. The molecule has 2 amide bonds. The number of hydrogen-bond acceptors (Lipinski definition) is 4. The van der Waals surface area contributed by atoms with Crippen molar-refractivity contribution in [3.05, 3.63) is 70.4 Å². The van der Waals surface area contributed by atoms with E-state index in [2.05, 4.69) is 16.0 Å². The van der Waals surface area contributed by atoms with Crippen molar-refractivity contribution in [3.63, 3.8) is 0 Å². The summed E-state index contributed by atoms with van der Waals surface area (Å²) in [7, 11) is 0. The second-order valence-corrected chi connectivity index (χ2v) is 8.10. The molecule has 5 nitrogen and oxygen atoms in total. The number of anilines is 2. The third-order valence-corrected chi connectivity index (χ3v) is 5.54. The van der Waals surface area contributed by atoms with Gasteiger partial charge in [0.25, 0.3) is 0 Å². The summed E-state index contributed by atoms with van der Waals surface area (Å²) in [6, 6.07) is 11.2. The maximum absolute atomic E-state index is 12.9. The number of halogens is 3. The molecule has 1 unspecified atom stereocenters. The van der Waals surface area contributed by atoms with Gasteiger partial charge in [-0.1, -0.05) is 18.2 Å². The van der Waals surface area contributed by atoms with Crippen LogP contribution in [0.1, 0.15) is 30.2 Å². The molecule has 9 heteroatoms. The summed E-state index contributed by atoms with van der Waals surface area (Å²) < 4.78 is 38.8. The number of alkyl halides is 3. The average molecular weight is 447 g/mol. The standard InChI is InChI=1S/C22H20F3N3O2S/c23-22(24,25)15-2-1-3-17(11-15)27-21(30)28-19-10-13(20(29)26-16-5-6-16)4-7-18(19)14-8-9-31-12-14/h1-4,7-12,16,20,26,29H,5-6H2,(H2,27,28,30). The monoisotopic (exact) mass is 447 g/mol. The molecule has 31 heavy (non-hydrogen) atoms. The molecule has 4 rings (SSSR count). The van der Waals surface area contributed by atoms with Crippen molar-refractivity contribution in [2.75, 3.05) is 10.6 Å². The van der Waals surface area contributed by atoms with E-state index in [0.717, 1.165) is 36.1 Å². The van der Waals surface area contributed by atoms with Gasteiger partial charge in [-0.3, -0.25) is 5.32 Å². The van der Waals surface area contributed by atoms with Crippen LogP contribution >= 0.6 is 11.3 Å². The summed E-state index contributed by atoms with van der Waals surface area (Å²) >= 11 is 1.50. The number of benzene rings is 2. The lowest BCUT2D eigenvalue weighted by molar-refractivity contribution is -0.137. The van der Waals surface area contributed by atoms with E-state index in [1.165, 1.54) is 23.5 Å². The Balaban J connectivity index is 1.56. The molecular weight excluding hydrogens is 427 g/mol. The number of aliphatic hydroxyl groups excluding tert-OH is 1. The molecule has 1 aromatic heterocycles. The fraction of sp³-hybridized carbons (Fsp3) is 0.227. The summed E-state index contributed by atoms with van der Waals surface area (Å²) in [4.78, 5) is 12.6. The van der Waals surface area contributed by atoms with Crippen LogP contribution in [0.2, 0.25) is 0 Å². The molecule has 1 fully saturated rings. The number of hydrogen-bond donors (Lipinski definition) is 4. The van der Waals surface area contributed by atoms with Crippen LogP contribution in [0, 0.1) is 0 Å². The lowest BCUT2D eigenvalue weighted by atomic mass is 10.0. The average Bonchev–Trinajstić information content (AvgIpc) is 3.36. The molecule has 0 saturated heterocycles. The second kappa shape index (κ2) is 8.70. The van der Waals surface area contributed by atoms with Crippen molar-refractivity contribution in [1.29, 1.82) is 0 Å². The Morgan fingerprint density at radius 2 is 1.90 bits per heavy atom. The first-order valence-corrected chi connectivity index (χ1v) is 10.6. The highest BCUT2D eigenvalue weighted by Gasteiger charge is 2.30. The summed E-state index contributed by atoms with van der Waals surface area (Å²) in [5.41, 5.74) is 1.83. The molecule has 1 atom stereocenters. The van der Waals surface area contributed by atoms with Crippen LogP contribution in [0.15, 0.2) is 59.3 Å². The smallest absolute Gasteiger partial charge is 0.374 e. The molecule has 1 heterocycles. The zero-order valence-corrected chi connectivity index (χ0v) is 17.1. The molecule has 0 aliphatic heterocycles. The topological polar surface area (TPSA) is 73.4 Å². The van der Waals surface area contributed by atoms with Crippen LogP contribution in [0.3, 0.4) is 0 Å². The van der Waals surface area contributed by atoms with E-state index in [9.17, 15) is 23.1 Å². The molecular formula is C22H20F3N3O2S. The number of nitrogens with one attached hydrogen (secondary N) is 3. The molecule has 1 aliphatic carbocycles. The Morgan fingerprint density at radius 3 is 2.58 bits per heavy atom. The number of rotatable bonds is 6. The van der Waals surface area contributed by atoms with E-state index in [-0.39, 0.29) is 11.7 Å². The highest BCUT2D eigenvalue weighted by molar-refractivity contribution is 7.08. The summed E-state index contributed by atoms with van der Waals surface area (Å²) in [5, 5.41) is 22.5. The van der Waals surface area contributed by atoms with Crippen LogP contribution < -0.4 is 16.0 Å². The van der Waals surface area contributed by atoms with E-state index < -0.39 is 24.0 Å². The minimum atomic E-state index is -4.50. The molecule has 1 aliphatic rings. The van der Waals surface area contributed by atoms with E-state index in [4.69, 9.17) is 0 Å². The van der Waals surface area contributed by atoms with Gasteiger partial charge in [-0.2, -0.15) is 24.5 Å². The lowest BCUT2D eigenvalue weighted by Crippen LogP contribution is -2.24. The van der Waals surface area contributed by atoms with Crippen molar-refractivity contribution in [1.82, 2.24) is 5.32 Å². The number of thiophene rings is 1. The van der Waals surface area contributed by atoms with Gasteiger partial charge in [-0.15, -0.1) is 0 Å². The van der Waals surface area contributed by atoms with Gasteiger partial charge in [-0.25, -0.2) is 4.79 Å². The van der Waals surface area contributed by atoms with Crippen molar-refractivity contribution in [2.24, 2.45) is 0 Å². The summed E-state index contributed by atoms with van der Waals surface area (Å²) in [6.07, 6.45) is -3.36. The molecule has 2 aromatic carbocycles. The summed E-state index contributed by atoms with van der Waals surface area (Å²) in [5.74, 6) is 0. The first kappa shape index (κ1) is 21.4. The Labute approximate surface area is 180 Å². The normalized spacial score (nSPS) is 14.8. The fourth-order valence-corrected chi connectivity index (χ4v) is 3.79. The first-order chi connectivity index (χ1) is 14.8. The van der Waals surface area contributed by atoms with Gasteiger partial charge >= 0.3 is 12.2 Å². The molecule has 0 radical (unpaired) electrons. The van der Waals surface area contributed by atoms with Gasteiger partial charge in [0.05, 0.1) is 11.3 Å². The molecule has 162 valence electrons. The molecule has 0 spiro atoms. The van der Waals surface area contributed by atoms with Crippen LogP contribution in [0.25, 0.3) is 11.1 Å². The van der Waals surface area contributed by atoms with Crippen molar-refractivity contribution < 1.29 is 23.1 Å². The van der Waals surface area contributed by atoms with Crippen LogP contribution in [-0.4, -0.2) is 17.2 Å². The predicted octanol–water partition coefficient (Wildman–Crippen LogP) is 5.82. The van der Waals surface area contributed by atoms with Crippen LogP contribution in [0.5, 0.6) is 0 Å². The third kappa shape index (κ3) is 5.43. The van der Waals surface area contributed by atoms with Gasteiger partial charge in [0.15, 0.2) is 0 Å². The third-order valence-electron chi connectivity index (χ3n) is 4.86. The highest BCUT2D eigenvalue weighted by Crippen LogP contribution is 2.33. The van der Waals surface area contributed by atoms with E-state index in [1.54, 1.807) is 18.2 Å². The van der Waals surface area contributed by atoms with E-state index in [0.29, 0.717) is 11.3 Å². The number of carbonyl (C=O) groups excluding carboxylic acids is 1. The highest BCUT2D eigenvalue weighted by atomic mass is 32.1. The Bertz CT molecular complexity index is 1070. The number of carbonyl (C=O) groups is 1. The van der Waals surface area contributed by atoms with Crippen molar-refractivity contribution >= 4 is 28.7 Å². The quantitative estimate of drug-likeness (QED) is 0.360. The van der Waals surface area contributed by atoms with E-state index >= 15 is 0 Å². The van der Waals surface area contributed by atoms with Crippen LogP contribution in [-0.2, 0) is 6.18 Å². The Kier molecular flexibility index (Phi) is 5.99. The van der Waals surface area contributed by atoms with E-state index in [1.807, 2.05) is 16.8 Å². The van der Waals surface area contributed by atoms with Crippen molar-refractivity contribution in [2.45, 2.75) is 31.3 Å². The van der Waals surface area contributed by atoms with Gasteiger partial charge < -0.3 is 15.7 Å². The van der Waals surface area contributed by atoms with Gasteiger partial charge in [0, 0.05) is 17.3 Å². The fourth-order valence-electron chi connectivity index (χ4n) is 3.13. The van der Waals surface area contributed by atoms with Gasteiger partial charge in [0.1, 0.15) is 6.23 Å². The number of amides is 2. The maximum atomic E-state index is 12.9. The minimum absolute atomic E-state index is 0.0241. The largest absolute Gasteiger partial charge is 0.416 e. The maximum Gasteiger partial charge on any atom is 0.416 e. The number of urea groups is 1. The molecule has 0 bridgehead atoms. The number of aliphatic hydroxyl groups is 1. The molecule has 4 N–H and O–H groups in total. The predicted molar refractivity (Wildman–Crippen MR) is 115 cm³/mol.